The molecule has 1 heterocycles. The highest BCUT2D eigenvalue weighted by Crippen LogP contribution is 2.41. The fraction of sp³-hybridized carbons (Fsp3) is 0.750. The molecule has 2 N–H and O–H groups in total. The average Bonchev–Trinajstić information content (AvgIpc) is 2.50. The van der Waals surface area contributed by atoms with Gasteiger partial charge < -0.3 is 10.2 Å². The van der Waals surface area contributed by atoms with Crippen LogP contribution in [-0.4, -0.2) is 45.0 Å². The lowest BCUT2D eigenvalue weighted by Crippen LogP contribution is -2.45. The van der Waals surface area contributed by atoms with Crippen molar-refractivity contribution in [2.24, 2.45) is 5.92 Å². The molecule has 0 aromatic heterocycles. The summed E-state index contributed by atoms with van der Waals surface area (Å²) in [5, 5.41) is 18.8. The summed E-state index contributed by atoms with van der Waals surface area (Å²) in [6.45, 7) is 0.0861. The molecule has 0 aromatic carbocycles. The Balaban J connectivity index is 2.06. The van der Waals surface area contributed by atoms with Gasteiger partial charge in [0.15, 0.2) is 5.60 Å². The minimum atomic E-state index is -1.53. The maximum absolute atomic E-state index is 12.1. The second kappa shape index (κ2) is 4.68. The Hall–Kier alpha value is -1.43. The third kappa shape index (κ3) is 2.01. The van der Waals surface area contributed by atoms with E-state index in [1.54, 1.807) is 0 Å². The molecule has 100 valence electrons. The second-order valence-electron chi connectivity index (χ2n) is 5.01. The first-order chi connectivity index (χ1) is 8.47. The third-order valence-corrected chi connectivity index (χ3v) is 3.83. The van der Waals surface area contributed by atoms with Crippen molar-refractivity contribution in [3.63, 3.8) is 0 Å². The zero-order chi connectivity index (χ0) is 13.3. The van der Waals surface area contributed by atoms with Gasteiger partial charge in [-0.1, -0.05) is 6.42 Å². The van der Waals surface area contributed by atoms with Crippen LogP contribution in [0.3, 0.4) is 0 Å². The van der Waals surface area contributed by atoms with Crippen LogP contribution in [0.5, 0.6) is 0 Å². The van der Waals surface area contributed by atoms with Crippen LogP contribution in [0.15, 0.2) is 0 Å². The largest absolute Gasteiger partial charge is 0.481 e. The van der Waals surface area contributed by atoms with Gasteiger partial charge in [0.1, 0.15) is 0 Å². The Morgan fingerprint density at radius 3 is 2.72 bits per heavy atom. The highest BCUT2D eigenvalue weighted by Gasteiger charge is 2.58. The van der Waals surface area contributed by atoms with E-state index >= 15 is 0 Å². The second-order valence-corrected chi connectivity index (χ2v) is 5.01. The lowest BCUT2D eigenvalue weighted by molar-refractivity contribution is -0.148. The first kappa shape index (κ1) is 13.0. The number of aliphatic carboxylic acids is 1. The molecular weight excluding hydrogens is 238 g/mol. The lowest BCUT2D eigenvalue weighted by Gasteiger charge is -2.29. The van der Waals surface area contributed by atoms with Gasteiger partial charge >= 0.3 is 5.97 Å². The van der Waals surface area contributed by atoms with E-state index in [9.17, 15) is 19.5 Å². The van der Waals surface area contributed by atoms with Gasteiger partial charge in [0, 0.05) is 13.0 Å². The number of imide groups is 1. The van der Waals surface area contributed by atoms with Crippen molar-refractivity contribution in [1.29, 1.82) is 0 Å². The summed E-state index contributed by atoms with van der Waals surface area (Å²) in [5.74, 6) is -2.45. The van der Waals surface area contributed by atoms with Crippen molar-refractivity contribution < 1.29 is 24.6 Å². The number of nitrogens with zero attached hydrogens (tertiary/aromatic N) is 1. The number of likely N-dealkylation sites (tertiary alicyclic amines) is 1. The summed E-state index contributed by atoms with van der Waals surface area (Å²) < 4.78 is 0. The van der Waals surface area contributed by atoms with Crippen molar-refractivity contribution >= 4 is 17.8 Å². The number of carboxylic acid groups (broad SMARTS) is 1. The van der Waals surface area contributed by atoms with Crippen LogP contribution in [-0.2, 0) is 14.4 Å². The van der Waals surface area contributed by atoms with Gasteiger partial charge in [0.25, 0.3) is 5.91 Å². The number of hydrogen-bond acceptors (Lipinski definition) is 4. The van der Waals surface area contributed by atoms with E-state index in [0.29, 0.717) is 12.8 Å². The molecule has 2 unspecified atom stereocenters. The number of rotatable bonds is 4. The quantitative estimate of drug-likeness (QED) is 0.697. The molecular formula is C12H17NO5. The minimum Gasteiger partial charge on any atom is -0.481 e. The van der Waals surface area contributed by atoms with E-state index in [4.69, 9.17) is 5.11 Å². The summed E-state index contributed by atoms with van der Waals surface area (Å²) in [6.07, 6.45) is 2.61. The fourth-order valence-corrected chi connectivity index (χ4v) is 2.86. The molecule has 6 nitrogen and oxygen atoms in total. The van der Waals surface area contributed by atoms with Crippen molar-refractivity contribution in [2.45, 2.75) is 44.1 Å². The zero-order valence-electron chi connectivity index (χ0n) is 10.1. The number of carbonyl (C=O) groups excluding carboxylic acids is 2. The van der Waals surface area contributed by atoms with Gasteiger partial charge in [-0.15, -0.1) is 0 Å². The molecule has 2 fully saturated rings. The summed E-state index contributed by atoms with van der Waals surface area (Å²) in [4.78, 5) is 35.5. The predicted octanol–water partition coefficient (Wildman–Crippen LogP) is 0.141. The molecule has 1 saturated heterocycles. The van der Waals surface area contributed by atoms with Gasteiger partial charge in [-0.2, -0.15) is 0 Å². The highest BCUT2D eigenvalue weighted by atomic mass is 16.4. The van der Waals surface area contributed by atoms with Crippen molar-refractivity contribution in [1.82, 2.24) is 4.90 Å². The van der Waals surface area contributed by atoms with Crippen LogP contribution >= 0.6 is 0 Å². The van der Waals surface area contributed by atoms with Crippen molar-refractivity contribution in [3.05, 3.63) is 0 Å². The average molecular weight is 255 g/mol. The normalized spacial score (nSPS) is 31.6. The molecule has 0 spiro atoms. The summed E-state index contributed by atoms with van der Waals surface area (Å²) in [5.41, 5.74) is -1.53. The standard InChI is InChI=1S/C12H17NO5/c14-9(15)5-3-7-13-10(16)8-4-1-2-6-12(8,18)11(13)17/h8,18H,1-7H2,(H,14,15). The number of aliphatic hydroxyl groups is 1. The molecule has 2 aliphatic rings. The summed E-state index contributed by atoms with van der Waals surface area (Å²) in [6, 6.07) is 0. The Bertz CT molecular complexity index is 394. The van der Waals surface area contributed by atoms with E-state index in [1.165, 1.54) is 0 Å². The maximum atomic E-state index is 12.1. The van der Waals surface area contributed by atoms with E-state index in [1.807, 2.05) is 0 Å². The topological polar surface area (TPSA) is 94.9 Å². The van der Waals surface area contributed by atoms with Crippen LogP contribution in [0, 0.1) is 5.92 Å². The molecule has 0 radical (unpaired) electrons. The van der Waals surface area contributed by atoms with E-state index in [-0.39, 0.29) is 25.3 Å². The minimum absolute atomic E-state index is 0.0832. The molecule has 1 aliphatic heterocycles. The van der Waals surface area contributed by atoms with Crippen LogP contribution in [0.25, 0.3) is 0 Å². The van der Waals surface area contributed by atoms with Gasteiger partial charge in [-0.25, -0.2) is 0 Å². The molecule has 18 heavy (non-hydrogen) atoms. The lowest BCUT2D eigenvalue weighted by atomic mass is 9.77. The third-order valence-electron chi connectivity index (χ3n) is 3.83. The first-order valence-electron chi connectivity index (χ1n) is 6.27. The monoisotopic (exact) mass is 255 g/mol. The molecule has 0 aromatic rings. The van der Waals surface area contributed by atoms with Crippen LogP contribution in [0.1, 0.15) is 38.5 Å². The van der Waals surface area contributed by atoms with Crippen molar-refractivity contribution in [3.8, 4) is 0 Å². The molecule has 2 amide bonds. The van der Waals surface area contributed by atoms with Crippen molar-refractivity contribution in [2.75, 3.05) is 6.54 Å². The number of amides is 2. The smallest absolute Gasteiger partial charge is 0.303 e. The summed E-state index contributed by atoms with van der Waals surface area (Å²) >= 11 is 0. The van der Waals surface area contributed by atoms with E-state index in [2.05, 4.69) is 0 Å². The number of carbonyl (C=O) groups is 3. The molecule has 2 atom stereocenters. The Labute approximate surface area is 105 Å². The SMILES string of the molecule is O=C(O)CCCN1C(=O)C2CCCCC2(O)C1=O. The zero-order valence-corrected chi connectivity index (χ0v) is 10.1. The molecule has 6 heteroatoms. The van der Waals surface area contributed by atoms with Gasteiger partial charge in [-0.3, -0.25) is 19.3 Å². The summed E-state index contributed by atoms with van der Waals surface area (Å²) in [7, 11) is 0. The Morgan fingerprint density at radius 1 is 1.39 bits per heavy atom. The molecule has 1 aliphatic carbocycles. The van der Waals surface area contributed by atoms with Gasteiger partial charge in [0.05, 0.1) is 5.92 Å². The first-order valence-corrected chi connectivity index (χ1v) is 6.27. The number of hydrogen-bond donors (Lipinski definition) is 2. The van der Waals surface area contributed by atoms with Crippen LogP contribution < -0.4 is 0 Å². The number of carboxylic acids is 1. The maximum Gasteiger partial charge on any atom is 0.303 e. The molecule has 2 rings (SSSR count). The van der Waals surface area contributed by atoms with E-state index in [0.717, 1.165) is 17.7 Å². The number of fused-ring (bicyclic) bond motifs is 1. The highest BCUT2D eigenvalue weighted by molar-refractivity contribution is 6.09. The van der Waals surface area contributed by atoms with Gasteiger partial charge in [0.2, 0.25) is 5.91 Å². The fourth-order valence-electron chi connectivity index (χ4n) is 2.86. The molecule has 1 saturated carbocycles. The molecule has 0 bridgehead atoms. The van der Waals surface area contributed by atoms with Gasteiger partial charge in [-0.05, 0) is 25.7 Å². The Kier molecular flexibility index (Phi) is 3.38. The van der Waals surface area contributed by atoms with E-state index < -0.39 is 23.4 Å². The van der Waals surface area contributed by atoms with Crippen LogP contribution in [0.4, 0.5) is 0 Å². The predicted molar refractivity (Wildman–Crippen MR) is 60.5 cm³/mol. The van der Waals surface area contributed by atoms with Crippen LogP contribution in [0.2, 0.25) is 0 Å². The Morgan fingerprint density at radius 2 is 2.11 bits per heavy atom.